The summed E-state index contributed by atoms with van der Waals surface area (Å²) in [5.41, 5.74) is 0. The van der Waals surface area contributed by atoms with Crippen LogP contribution < -0.4 is 0 Å². The Labute approximate surface area is 184 Å². The Morgan fingerprint density at radius 1 is 0.826 bits per heavy atom. The van der Waals surface area contributed by atoms with Crippen LogP contribution in [0.15, 0.2) is 0 Å². The fourth-order valence-corrected chi connectivity index (χ4v) is 2.70. The third kappa shape index (κ3) is 23.0. The van der Waals surface area contributed by atoms with Crippen LogP contribution in [0.1, 0.15) is 84.0 Å². The Bertz CT molecular complexity index is 371. The van der Waals surface area contributed by atoms with Gasteiger partial charge in [-0.1, -0.05) is 77.6 Å². The van der Waals surface area contributed by atoms with E-state index < -0.39 is 21.8 Å². The molecule has 134 valence electrons. The monoisotopic (exact) mass is 376 g/mol. The number of carbonyl (C=O) groups excluding carboxylic acids is 1. The van der Waals surface area contributed by atoms with Gasteiger partial charge in [-0.25, -0.2) is 0 Å². The first-order valence-electron chi connectivity index (χ1n) is 8.56. The van der Waals surface area contributed by atoms with Gasteiger partial charge in [0.25, 0.3) is 10.1 Å². The van der Waals surface area contributed by atoms with Crippen molar-refractivity contribution in [1.82, 2.24) is 0 Å². The molecule has 0 rings (SSSR count). The van der Waals surface area contributed by atoms with Gasteiger partial charge in [0.05, 0.1) is 6.61 Å². The molecular weight excluding hydrogens is 343 g/mol. The molecule has 0 fully saturated rings. The van der Waals surface area contributed by atoms with E-state index in [9.17, 15) is 13.2 Å². The van der Waals surface area contributed by atoms with Crippen LogP contribution in [-0.4, -0.2) is 82.7 Å². The molecule has 0 aromatic rings. The molecule has 0 radical (unpaired) electrons. The predicted molar refractivity (Wildman–Crippen MR) is 95.6 cm³/mol. The first-order chi connectivity index (χ1) is 10.5. The van der Waals surface area contributed by atoms with E-state index in [4.69, 9.17) is 9.29 Å². The summed E-state index contributed by atoms with van der Waals surface area (Å²) in [7, 11) is -4.27. The standard InChI is InChI=1S/C16H32O5S.K.H/c1-2-3-4-5-6-7-8-9-10-11-12-13-14-21-16(17)15-22(18,19)20;;/h2-15H2,1H3,(H,18,19,20);;. The van der Waals surface area contributed by atoms with Crippen LogP contribution >= 0.6 is 0 Å². The summed E-state index contributed by atoms with van der Waals surface area (Å²) in [6, 6.07) is 0. The fourth-order valence-electron chi connectivity index (χ4n) is 2.32. The second-order valence-electron chi connectivity index (χ2n) is 5.84. The number of ether oxygens (including phenoxy) is 1. The van der Waals surface area contributed by atoms with Crippen LogP contribution in [-0.2, 0) is 19.6 Å². The molecule has 0 aliphatic heterocycles. The predicted octanol–water partition coefficient (Wildman–Crippen LogP) is 3.47. The van der Waals surface area contributed by atoms with Gasteiger partial charge >= 0.3 is 57.4 Å². The Balaban J connectivity index is 0. The number of carbonyl (C=O) groups is 1. The van der Waals surface area contributed by atoms with Gasteiger partial charge in [-0.3, -0.25) is 9.35 Å². The van der Waals surface area contributed by atoms with Crippen LogP contribution in [0.4, 0.5) is 0 Å². The van der Waals surface area contributed by atoms with E-state index in [-0.39, 0.29) is 58.0 Å². The third-order valence-corrected chi connectivity index (χ3v) is 4.16. The summed E-state index contributed by atoms with van der Waals surface area (Å²) in [6.45, 7) is 2.46. The van der Waals surface area contributed by atoms with Crippen LogP contribution in [0.3, 0.4) is 0 Å². The molecule has 0 atom stereocenters. The van der Waals surface area contributed by atoms with Crippen molar-refractivity contribution in [2.45, 2.75) is 84.0 Å². The molecule has 0 unspecified atom stereocenters. The zero-order valence-electron chi connectivity index (χ0n) is 13.9. The first-order valence-corrected chi connectivity index (χ1v) is 10.2. The minimum atomic E-state index is -4.27. The van der Waals surface area contributed by atoms with Gasteiger partial charge in [0.15, 0.2) is 5.75 Å². The molecule has 5 nitrogen and oxygen atoms in total. The Kier molecular flexibility index (Phi) is 20.3. The summed E-state index contributed by atoms with van der Waals surface area (Å²) in [5.74, 6) is -1.84. The molecule has 23 heavy (non-hydrogen) atoms. The molecule has 0 aliphatic rings. The van der Waals surface area contributed by atoms with Crippen LogP contribution in [0, 0.1) is 0 Å². The summed E-state index contributed by atoms with van der Waals surface area (Å²) in [5, 5.41) is 0. The normalized spacial score (nSPS) is 11.0. The molecule has 0 heterocycles. The van der Waals surface area contributed by atoms with E-state index in [2.05, 4.69) is 6.92 Å². The van der Waals surface area contributed by atoms with Crippen molar-refractivity contribution < 1.29 is 22.5 Å². The van der Waals surface area contributed by atoms with Gasteiger partial charge in [0, 0.05) is 0 Å². The van der Waals surface area contributed by atoms with Gasteiger partial charge in [-0.2, -0.15) is 8.42 Å². The van der Waals surface area contributed by atoms with Crippen molar-refractivity contribution in [1.29, 1.82) is 0 Å². The number of unbranched alkanes of at least 4 members (excludes halogenated alkanes) is 11. The Hall–Kier alpha value is 1.02. The van der Waals surface area contributed by atoms with Gasteiger partial charge in [-0.05, 0) is 6.42 Å². The van der Waals surface area contributed by atoms with Crippen LogP contribution in [0.5, 0.6) is 0 Å². The van der Waals surface area contributed by atoms with E-state index >= 15 is 0 Å². The maximum absolute atomic E-state index is 11.0. The number of esters is 1. The Morgan fingerprint density at radius 3 is 1.61 bits per heavy atom. The summed E-state index contributed by atoms with van der Waals surface area (Å²) in [6.07, 6.45) is 14.7. The molecule has 0 bridgehead atoms. The van der Waals surface area contributed by atoms with Gasteiger partial charge in [0.2, 0.25) is 0 Å². The molecule has 0 spiro atoms. The molecule has 0 aromatic heterocycles. The average Bonchev–Trinajstić information content (AvgIpc) is 2.42. The minimum absolute atomic E-state index is 0. The molecule has 1 N–H and O–H groups in total. The van der Waals surface area contributed by atoms with E-state index in [1.54, 1.807) is 0 Å². The maximum atomic E-state index is 11.0. The van der Waals surface area contributed by atoms with Crippen molar-refractivity contribution >= 4 is 67.5 Å². The molecule has 0 saturated carbocycles. The van der Waals surface area contributed by atoms with E-state index in [0.717, 1.165) is 19.3 Å². The number of rotatable bonds is 15. The van der Waals surface area contributed by atoms with Gasteiger partial charge in [-0.15, -0.1) is 0 Å². The second kappa shape index (κ2) is 17.8. The van der Waals surface area contributed by atoms with Crippen molar-refractivity contribution in [3.05, 3.63) is 0 Å². The molecular formula is C16H33KO5S. The van der Waals surface area contributed by atoms with Crippen molar-refractivity contribution in [3.63, 3.8) is 0 Å². The van der Waals surface area contributed by atoms with Gasteiger partial charge < -0.3 is 4.74 Å². The molecule has 7 heteroatoms. The first kappa shape index (κ1) is 26.2. The van der Waals surface area contributed by atoms with Crippen LogP contribution in [0.2, 0.25) is 0 Å². The quantitative estimate of drug-likeness (QED) is 0.205. The average molecular weight is 377 g/mol. The third-order valence-electron chi connectivity index (χ3n) is 3.56. The topological polar surface area (TPSA) is 80.7 Å². The van der Waals surface area contributed by atoms with E-state index in [1.165, 1.54) is 57.8 Å². The van der Waals surface area contributed by atoms with Crippen LogP contribution in [0.25, 0.3) is 0 Å². The molecule has 0 aromatic carbocycles. The summed E-state index contributed by atoms with van der Waals surface area (Å²) in [4.78, 5) is 11.0. The summed E-state index contributed by atoms with van der Waals surface area (Å²) < 4.78 is 34.1. The number of hydrogen-bond donors (Lipinski definition) is 1. The number of hydrogen-bond acceptors (Lipinski definition) is 4. The molecule has 0 aliphatic carbocycles. The second-order valence-corrected chi connectivity index (χ2v) is 7.29. The fraction of sp³-hybridized carbons (Fsp3) is 0.938. The van der Waals surface area contributed by atoms with Crippen molar-refractivity contribution in [2.75, 3.05) is 12.4 Å². The van der Waals surface area contributed by atoms with Gasteiger partial charge in [0.1, 0.15) is 0 Å². The van der Waals surface area contributed by atoms with Crippen molar-refractivity contribution in [3.8, 4) is 0 Å². The molecule has 0 amide bonds. The summed E-state index contributed by atoms with van der Waals surface area (Å²) >= 11 is 0. The van der Waals surface area contributed by atoms with Crippen molar-refractivity contribution in [2.24, 2.45) is 0 Å². The van der Waals surface area contributed by atoms with E-state index in [1.807, 2.05) is 0 Å². The molecule has 0 saturated heterocycles. The Morgan fingerprint density at radius 2 is 1.22 bits per heavy atom. The van der Waals surface area contributed by atoms with E-state index in [0.29, 0.717) is 0 Å². The zero-order valence-corrected chi connectivity index (χ0v) is 14.7. The zero-order chi connectivity index (χ0) is 16.7. The SMILES string of the molecule is CCCCCCCCCCCCCCOC(=O)CS(=O)(=O)O.[KH].